The molecule has 142 valence electrons. The van der Waals surface area contributed by atoms with Crippen LogP contribution >= 0.6 is 27.7 Å². The van der Waals surface area contributed by atoms with E-state index >= 15 is 0 Å². The Balaban J connectivity index is 1.52. The quantitative estimate of drug-likeness (QED) is 0.512. The van der Waals surface area contributed by atoms with Gasteiger partial charge in [0.2, 0.25) is 5.82 Å². The zero-order chi connectivity index (χ0) is 18.5. The Bertz CT molecular complexity index is 862. The molecule has 0 aliphatic carbocycles. The smallest absolute Gasteiger partial charge is 0.200 e. The molecule has 0 spiro atoms. The van der Waals surface area contributed by atoms with Crippen LogP contribution in [0.15, 0.2) is 56.7 Å². The first kappa shape index (κ1) is 18.7. The summed E-state index contributed by atoms with van der Waals surface area (Å²) in [6, 6.07) is 14.1. The van der Waals surface area contributed by atoms with Crippen molar-refractivity contribution in [2.24, 2.45) is 0 Å². The van der Waals surface area contributed by atoms with E-state index in [1.54, 1.807) is 11.8 Å². The molecule has 4 rings (SSSR count). The first-order valence-corrected chi connectivity index (χ1v) is 10.7. The monoisotopic (exact) mass is 448 g/mol. The maximum atomic E-state index is 5.72. The van der Waals surface area contributed by atoms with Crippen molar-refractivity contribution in [3.63, 3.8) is 0 Å². The van der Waals surface area contributed by atoms with E-state index in [1.807, 2.05) is 30.3 Å². The summed E-state index contributed by atoms with van der Waals surface area (Å²) in [5, 5.41) is 9.75. The summed E-state index contributed by atoms with van der Waals surface area (Å²) in [5.41, 5.74) is 1.21. The molecule has 8 heteroatoms. The molecule has 0 bridgehead atoms. The second-order valence-electron chi connectivity index (χ2n) is 6.28. The Hall–Kier alpha value is -1.61. The molecule has 0 saturated carbocycles. The highest BCUT2D eigenvalue weighted by atomic mass is 79.9. The second kappa shape index (κ2) is 9.05. The van der Waals surface area contributed by atoms with Gasteiger partial charge >= 0.3 is 0 Å². The molecule has 0 N–H and O–H groups in total. The van der Waals surface area contributed by atoms with Crippen molar-refractivity contribution >= 4 is 27.7 Å². The second-order valence-corrected chi connectivity index (χ2v) is 8.13. The van der Waals surface area contributed by atoms with Gasteiger partial charge in [0.25, 0.3) is 0 Å². The Kier molecular flexibility index (Phi) is 6.28. The van der Waals surface area contributed by atoms with Crippen molar-refractivity contribution in [2.75, 3.05) is 38.6 Å². The number of furan rings is 1. The fraction of sp³-hybridized carbons (Fsp3) is 0.368. The number of thioether (sulfide) groups is 1. The molecule has 2 aromatic heterocycles. The predicted molar refractivity (Wildman–Crippen MR) is 109 cm³/mol. The Labute approximate surface area is 171 Å². The molecule has 0 atom stereocenters. The lowest BCUT2D eigenvalue weighted by atomic mass is 10.2. The van der Waals surface area contributed by atoms with Crippen LogP contribution in [-0.2, 0) is 11.3 Å². The molecule has 1 aromatic carbocycles. The summed E-state index contributed by atoms with van der Waals surface area (Å²) in [7, 11) is 0. The number of aromatic nitrogens is 3. The molecule has 3 heterocycles. The minimum atomic E-state index is 0.688. The number of benzene rings is 1. The van der Waals surface area contributed by atoms with Crippen LogP contribution in [0.5, 0.6) is 0 Å². The highest BCUT2D eigenvalue weighted by Gasteiger charge is 2.18. The summed E-state index contributed by atoms with van der Waals surface area (Å²) >= 11 is 5.10. The first-order chi connectivity index (χ1) is 13.3. The first-order valence-electron chi connectivity index (χ1n) is 8.95. The maximum absolute atomic E-state index is 5.72. The Morgan fingerprint density at radius 2 is 1.85 bits per heavy atom. The van der Waals surface area contributed by atoms with E-state index < -0.39 is 0 Å². The molecule has 1 fully saturated rings. The van der Waals surface area contributed by atoms with Crippen LogP contribution in [0.4, 0.5) is 0 Å². The van der Waals surface area contributed by atoms with Crippen LogP contribution in [-0.4, -0.2) is 58.3 Å². The lowest BCUT2D eigenvalue weighted by molar-refractivity contribution is 0.0410. The third kappa shape index (κ3) is 4.82. The van der Waals surface area contributed by atoms with E-state index in [2.05, 4.69) is 47.7 Å². The molecular weight excluding hydrogens is 428 g/mol. The van der Waals surface area contributed by atoms with E-state index in [-0.39, 0.29) is 0 Å². The van der Waals surface area contributed by atoms with Gasteiger partial charge in [-0.3, -0.25) is 9.47 Å². The largest absolute Gasteiger partial charge is 0.446 e. The molecule has 6 nitrogen and oxygen atoms in total. The van der Waals surface area contributed by atoms with Crippen molar-refractivity contribution in [1.29, 1.82) is 0 Å². The SMILES string of the molecule is Brc1ccc(-c2nnc(SCCN3CCOCC3)n2Cc2ccccc2)o1. The number of ether oxygens (including phenoxy) is 1. The van der Waals surface area contributed by atoms with Crippen molar-refractivity contribution < 1.29 is 9.15 Å². The number of hydrogen-bond donors (Lipinski definition) is 0. The van der Waals surface area contributed by atoms with Crippen LogP contribution < -0.4 is 0 Å². The summed E-state index contributed by atoms with van der Waals surface area (Å²) < 4.78 is 14.0. The Morgan fingerprint density at radius 1 is 1.04 bits per heavy atom. The van der Waals surface area contributed by atoms with Crippen molar-refractivity contribution in [2.45, 2.75) is 11.7 Å². The van der Waals surface area contributed by atoms with Gasteiger partial charge in [0.05, 0.1) is 19.8 Å². The van der Waals surface area contributed by atoms with Crippen LogP contribution in [0.25, 0.3) is 11.6 Å². The van der Waals surface area contributed by atoms with Gasteiger partial charge in [0.15, 0.2) is 15.6 Å². The van der Waals surface area contributed by atoms with Crippen molar-refractivity contribution in [3.05, 3.63) is 52.7 Å². The molecule has 0 amide bonds. The van der Waals surface area contributed by atoms with Gasteiger partial charge in [-0.15, -0.1) is 10.2 Å². The number of rotatable bonds is 7. The van der Waals surface area contributed by atoms with Gasteiger partial charge in [0.1, 0.15) is 0 Å². The minimum absolute atomic E-state index is 0.688. The average Bonchev–Trinajstić information content (AvgIpc) is 3.30. The topological polar surface area (TPSA) is 56.3 Å². The summed E-state index contributed by atoms with van der Waals surface area (Å²) in [4.78, 5) is 2.43. The summed E-state index contributed by atoms with van der Waals surface area (Å²) in [6.45, 7) is 5.39. The van der Waals surface area contributed by atoms with Crippen LogP contribution in [0, 0.1) is 0 Å². The normalized spacial score (nSPS) is 15.3. The van der Waals surface area contributed by atoms with E-state index in [0.717, 1.165) is 49.6 Å². The molecule has 3 aromatic rings. The van der Waals surface area contributed by atoms with Gasteiger partial charge in [-0.1, -0.05) is 42.1 Å². The maximum Gasteiger partial charge on any atom is 0.200 e. The van der Waals surface area contributed by atoms with Crippen LogP contribution in [0.3, 0.4) is 0 Å². The average molecular weight is 449 g/mol. The van der Waals surface area contributed by atoms with Gasteiger partial charge in [0, 0.05) is 25.4 Å². The molecule has 1 aliphatic heterocycles. The number of morpholine rings is 1. The highest BCUT2D eigenvalue weighted by Crippen LogP contribution is 2.28. The molecule has 0 radical (unpaired) electrons. The minimum Gasteiger partial charge on any atom is -0.446 e. The van der Waals surface area contributed by atoms with Crippen molar-refractivity contribution in [3.8, 4) is 11.6 Å². The fourth-order valence-corrected chi connectivity index (χ4v) is 4.26. The van der Waals surface area contributed by atoms with E-state index in [9.17, 15) is 0 Å². The van der Waals surface area contributed by atoms with Gasteiger partial charge in [-0.25, -0.2) is 0 Å². The molecule has 27 heavy (non-hydrogen) atoms. The van der Waals surface area contributed by atoms with E-state index in [0.29, 0.717) is 17.0 Å². The highest BCUT2D eigenvalue weighted by molar-refractivity contribution is 9.10. The van der Waals surface area contributed by atoms with Gasteiger partial charge in [-0.05, 0) is 33.6 Å². The summed E-state index contributed by atoms with van der Waals surface area (Å²) in [6.07, 6.45) is 0. The number of nitrogens with zero attached hydrogens (tertiary/aromatic N) is 4. The molecule has 0 unspecified atom stereocenters. The standard InChI is InChI=1S/C19H21BrN4O2S/c20-17-7-6-16(26-17)18-21-22-19(24(18)14-15-4-2-1-3-5-15)27-13-10-23-8-11-25-12-9-23/h1-7H,8-14H2. The third-order valence-electron chi connectivity index (χ3n) is 4.44. The molecule has 1 saturated heterocycles. The van der Waals surface area contributed by atoms with Gasteiger partial charge < -0.3 is 9.15 Å². The van der Waals surface area contributed by atoms with Crippen LogP contribution in [0.1, 0.15) is 5.56 Å². The van der Waals surface area contributed by atoms with E-state index in [4.69, 9.17) is 9.15 Å². The number of hydrogen-bond acceptors (Lipinski definition) is 6. The zero-order valence-corrected chi connectivity index (χ0v) is 17.3. The van der Waals surface area contributed by atoms with Crippen molar-refractivity contribution in [1.82, 2.24) is 19.7 Å². The van der Waals surface area contributed by atoms with Crippen LogP contribution in [0.2, 0.25) is 0 Å². The van der Waals surface area contributed by atoms with Gasteiger partial charge in [-0.2, -0.15) is 0 Å². The predicted octanol–water partition coefficient (Wildman–Crippen LogP) is 3.77. The number of halogens is 1. The zero-order valence-electron chi connectivity index (χ0n) is 14.9. The third-order valence-corrected chi connectivity index (χ3v) is 5.81. The van der Waals surface area contributed by atoms with E-state index in [1.165, 1.54) is 5.56 Å². The molecule has 1 aliphatic rings. The summed E-state index contributed by atoms with van der Waals surface area (Å²) in [5.74, 6) is 2.43. The molecular formula is C19H21BrN4O2S. The fourth-order valence-electron chi connectivity index (χ4n) is 3.01. The Morgan fingerprint density at radius 3 is 2.59 bits per heavy atom. The lowest BCUT2D eigenvalue weighted by Gasteiger charge is -2.26. The lowest BCUT2D eigenvalue weighted by Crippen LogP contribution is -2.37.